The molecule has 1 saturated heterocycles. The third-order valence-electron chi connectivity index (χ3n) is 3.51. The molecular weight excluding hydrogens is 296 g/mol. The molecule has 1 aliphatic rings. The van der Waals surface area contributed by atoms with E-state index in [-0.39, 0.29) is 12.1 Å². The number of furan rings is 1. The molecule has 23 heavy (non-hydrogen) atoms. The molecule has 2 heterocycles. The molecule has 7 heteroatoms. The van der Waals surface area contributed by atoms with Crippen molar-refractivity contribution in [2.24, 2.45) is 0 Å². The van der Waals surface area contributed by atoms with Crippen molar-refractivity contribution in [3.8, 4) is 6.07 Å². The Labute approximate surface area is 135 Å². The van der Waals surface area contributed by atoms with E-state index in [0.717, 1.165) is 39.3 Å². The van der Waals surface area contributed by atoms with Crippen LogP contribution in [0.4, 0.5) is 0 Å². The Kier molecular flexibility index (Phi) is 7.17. The number of morpholine rings is 1. The molecule has 0 aliphatic carbocycles. The van der Waals surface area contributed by atoms with Crippen molar-refractivity contribution in [1.82, 2.24) is 15.5 Å². The Bertz CT molecular complexity index is 542. The number of ether oxygens (including phenoxy) is 1. The zero-order valence-electron chi connectivity index (χ0n) is 13.1. The predicted octanol–water partition coefficient (Wildman–Crippen LogP) is 0.615. The molecule has 2 rings (SSSR count). The summed E-state index contributed by atoms with van der Waals surface area (Å²) in [6, 6.07) is 5.41. The quantitative estimate of drug-likeness (QED) is 0.415. The molecule has 124 valence electrons. The third kappa shape index (κ3) is 6.14. The average Bonchev–Trinajstić information content (AvgIpc) is 3.10. The summed E-state index contributed by atoms with van der Waals surface area (Å²) < 4.78 is 10.4. The van der Waals surface area contributed by atoms with Gasteiger partial charge in [0, 0.05) is 25.8 Å². The Morgan fingerprint density at radius 3 is 2.96 bits per heavy atom. The molecule has 1 amide bonds. The van der Waals surface area contributed by atoms with E-state index in [4.69, 9.17) is 14.4 Å². The molecule has 0 saturated carbocycles. The van der Waals surface area contributed by atoms with Gasteiger partial charge in [0.25, 0.3) is 5.91 Å². The molecule has 2 N–H and O–H groups in total. The average molecular weight is 318 g/mol. The number of nitrogens with one attached hydrogen (secondary N) is 2. The monoisotopic (exact) mass is 318 g/mol. The van der Waals surface area contributed by atoms with Crippen LogP contribution in [0.5, 0.6) is 0 Å². The van der Waals surface area contributed by atoms with Gasteiger partial charge in [-0.05, 0) is 25.1 Å². The summed E-state index contributed by atoms with van der Waals surface area (Å²) in [6.07, 6.45) is 3.96. The number of amides is 1. The van der Waals surface area contributed by atoms with E-state index in [1.807, 2.05) is 6.07 Å². The molecular formula is C16H22N4O3. The number of rotatable bonds is 8. The summed E-state index contributed by atoms with van der Waals surface area (Å²) in [6.45, 7) is 5.49. The minimum absolute atomic E-state index is 0.0583. The molecule has 0 spiro atoms. The lowest BCUT2D eigenvalue weighted by molar-refractivity contribution is -0.117. The largest absolute Gasteiger partial charge is 0.467 e. The van der Waals surface area contributed by atoms with E-state index in [9.17, 15) is 4.79 Å². The normalized spacial score (nSPS) is 15.9. The van der Waals surface area contributed by atoms with E-state index < -0.39 is 5.91 Å². The summed E-state index contributed by atoms with van der Waals surface area (Å²) in [7, 11) is 0. The second-order valence-electron chi connectivity index (χ2n) is 5.19. The van der Waals surface area contributed by atoms with Gasteiger partial charge in [-0.2, -0.15) is 5.26 Å². The zero-order chi connectivity index (χ0) is 16.3. The number of nitriles is 1. The Morgan fingerprint density at radius 2 is 2.26 bits per heavy atom. The van der Waals surface area contributed by atoms with Crippen molar-refractivity contribution in [2.45, 2.75) is 13.0 Å². The Hall–Kier alpha value is -2.30. The first kappa shape index (κ1) is 17.1. The molecule has 0 bridgehead atoms. The summed E-state index contributed by atoms with van der Waals surface area (Å²) in [5, 5.41) is 14.7. The summed E-state index contributed by atoms with van der Waals surface area (Å²) >= 11 is 0. The molecule has 1 aliphatic heterocycles. The molecule has 7 nitrogen and oxygen atoms in total. The maximum Gasteiger partial charge on any atom is 0.263 e. The van der Waals surface area contributed by atoms with Crippen LogP contribution in [0.1, 0.15) is 12.2 Å². The number of carbonyl (C=O) groups excluding carboxylic acids is 1. The van der Waals surface area contributed by atoms with Crippen LogP contribution in [0.15, 0.2) is 34.6 Å². The summed E-state index contributed by atoms with van der Waals surface area (Å²) in [5.41, 5.74) is 0.0583. The SMILES string of the molecule is N#C/C(=C/NCCCN1CCOCC1)C(=O)NCc1ccco1. The second kappa shape index (κ2) is 9.66. The van der Waals surface area contributed by atoms with Crippen LogP contribution in [0.2, 0.25) is 0 Å². The van der Waals surface area contributed by atoms with Gasteiger partial charge in [0.05, 0.1) is 26.0 Å². The highest BCUT2D eigenvalue weighted by Gasteiger charge is 2.10. The van der Waals surface area contributed by atoms with Crippen molar-refractivity contribution in [3.05, 3.63) is 35.9 Å². The fourth-order valence-corrected chi connectivity index (χ4v) is 2.23. The van der Waals surface area contributed by atoms with Gasteiger partial charge in [-0.3, -0.25) is 9.69 Å². The fourth-order valence-electron chi connectivity index (χ4n) is 2.23. The molecule has 0 radical (unpaired) electrons. The lowest BCUT2D eigenvalue weighted by atomic mass is 10.3. The predicted molar refractivity (Wildman–Crippen MR) is 84.1 cm³/mol. The van der Waals surface area contributed by atoms with E-state index >= 15 is 0 Å². The van der Waals surface area contributed by atoms with Gasteiger partial charge in [-0.1, -0.05) is 0 Å². The standard InChI is InChI=1S/C16H22N4O3/c17-11-14(16(21)19-13-15-3-1-8-23-15)12-18-4-2-5-20-6-9-22-10-7-20/h1,3,8,12,18H,2,4-7,9-10,13H2,(H,19,21)/b14-12-. The first-order valence-corrected chi connectivity index (χ1v) is 7.74. The van der Waals surface area contributed by atoms with Crippen LogP contribution in [0.3, 0.4) is 0 Å². The van der Waals surface area contributed by atoms with Crippen molar-refractivity contribution < 1.29 is 13.9 Å². The molecule has 1 aromatic rings. The van der Waals surface area contributed by atoms with Crippen molar-refractivity contribution in [2.75, 3.05) is 39.4 Å². The molecule has 1 fully saturated rings. The van der Waals surface area contributed by atoms with Gasteiger partial charge in [-0.15, -0.1) is 0 Å². The van der Waals surface area contributed by atoms with Gasteiger partial charge in [0.1, 0.15) is 17.4 Å². The summed E-state index contributed by atoms with van der Waals surface area (Å²) in [4.78, 5) is 14.2. The highest BCUT2D eigenvalue weighted by molar-refractivity contribution is 5.97. The molecule has 1 aromatic heterocycles. The van der Waals surface area contributed by atoms with Gasteiger partial charge >= 0.3 is 0 Å². The van der Waals surface area contributed by atoms with Gasteiger partial charge in [-0.25, -0.2) is 0 Å². The van der Waals surface area contributed by atoms with Crippen molar-refractivity contribution in [3.63, 3.8) is 0 Å². The van der Waals surface area contributed by atoms with Crippen molar-refractivity contribution >= 4 is 5.91 Å². The first-order chi connectivity index (χ1) is 11.3. The third-order valence-corrected chi connectivity index (χ3v) is 3.51. The maximum absolute atomic E-state index is 11.9. The van der Waals surface area contributed by atoms with E-state index in [2.05, 4.69) is 15.5 Å². The number of hydrogen-bond donors (Lipinski definition) is 2. The lowest BCUT2D eigenvalue weighted by Crippen LogP contribution is -2.37. The van der Waals surface area contributed by atoms with Crippen LogP contribution in [0.25, 0.3) is 0 Å². The minimum atomic E-state index is -0.412. The first-order valence-electron chi connectivity index (χ1n) is 7.74. The maximum atomic E-state index is 11.9. The van der Waals surface area contributed by atoms with Crippen LogP contribution in [0, 0.1) is 11.3 Å². The molecule has 0 unspecified atom stereocenters. The fraction of sp³-hybridized carbons (Fsp3) is 0.500. The lowest BCUT2D eigenvalue weighted by Gasteiger charge is -2.26. The number of hydrogen-bond acceptors (Lipinski definition) is 6. The van der Waals surface area contributed by atoms with Gasteiger partial charge in [0.2, 0.25) is 0 Å². The van der Waals surface area contributed by atoms with Gasteiger partial charge < -0.3 is 19.8 Å². The summed E-state index contributed by atoms with van der Waals surface area (Å²) in [5.74, 6) is 0.235. The zero-order valence-corrected chi connectivity index (χ0v) is 13.1. The van der Waals surface area contributed by atoms with Crippen LogP contribution < -0.4 is 10.6 Å². The number of nitrogens with zero attached hydrogens (tertiary/aromatic N) is 2. The highest BCUT2D eigenvalue weighted by atomic mass is 16.5. The van der Waals surface area contributed by atoms with E-state index in [0.29, 0.717) is 12.3 Å². The van der Waals surface area contributed by atoms with E-state index in [1.54, 1.807) is 18.4 Å². The van der Waals surface area contributed by atoms with E-state index in [1.165, 1.54) is 6.20 Å². The Balaban J connectivity index is 1.64. The smallest absolute Gasteiger partial charge is 0.263 e. The van der Waals surface area contributed by atoms with Crippen LogP contribution in [-0.2, 0) is 16.1 Å². The second-order valence-corrected chi connectivity index (χ2v) is 5.19. The molecule has 0 aromatic carbocycles. The molecule has 0 atom stereocenters. The number of carbonyl (C=O) groups is 1. The highest BCUT2D eigenvalue weighted by Crippen LogP contribution is 2.00. The topological polar surface area (TPSA) is 90.5 Å². The minimum Gasteiger partial charge on any atom is -0.467 e. The van der Waals surface area contributed by atoms with Crippen LogP contribution in [-0.4, -0.2) is 50.2 Å². The van der Waals surface area contributed by atoms with Crippen molar-refractivity contribution in [1.29, 1.82) is 5.26 Å². The van der Waals surface area contributed by atoms with Gasteiger partial charge in [0.15, 0.2) is 0 Å². The Morgan fingerprint density at radius 1 is 1.43 bits per heavy atom. The van der Waals surface area contributed by atoms with Crippen LogP contribution >= 0.6 is 0 Å².